The van der Waals surface area contributed by atoms with E-state index >= 15 is 0 Å². The lowest BCUT2D eigenvalue weighted by Gasteiger charge is -2.36. The van der Waals surface area contributed by atoms with Crippen LogP contribution in [0.25, 0.3) is 0 Å². The monoisotopic (exact) mass is 389 g/mol. The van der Waals surface area contributed by atoms with E-state index in [0.717, 1.165) is 11.1 Å². The normalized spacial score (nSPS) is 15.0. The predicted octanol–water partition coefficient (Wildman–Crippen LogP) is 2.11. The van der Waals surface area contributed by atoms with Gasteiger partial charge in [-0.15, -0.1) is 12.4 Å². The van der Waals surface area contributed by atoms with Crippen LogP contribution in [0.3, 0.4) is 0 Å². The smallest absolute Gasteiger partial charge is 0.254 e. The van der Waals surface area contributed by atoms with Crippen LogP contribution in [-0.2, 0) is 4.79 Å². The number of phenols is 1. The highest BCUT2D eigenvalue weighted by Gasteiger charge is 2.28. The number of hydrogen-bond donors (Lipinski definition) is 2. The van der Waals surface area contributed by atoms with E-state index < -0.39 is 6.04 Å². The summed E-state index contributed by atoms with van der Waals surface area (Å²) >= 11 is 0. The zero-order chi connectivity index (χ0) is 18.7. The Labute approximate surface area is 165 Å². The van der Waals surface area contributed by atoms with Gasteiger partial charge < -0.3 is 20.6 Å². The second kappa shape index (κ2) is 8.88. The molecule has 0 radical (unpaired) electrons. The van der Waals surface area contributed by atoms with Gasteiger partial charge in [0, 0.05) is 31.7 Å². The van der Waals surface area contributed by atoms with Crippen molar-refractivity contribution in [2.45, 2.75) is 13.0 Å². The van der Waals surface area contributed by atoms with Crippen LogP contribution in [0.2, 0.25) is 0 Å². The summed E-state index contributed by atoms with van der Waals surface area (Å²) in [6.07, 6.45) is 0. The van der Waals surface area contributed by atoms with Crippen molar-refractivity contribution in [3.05, 3.63) is 65.2 Å². The summed E-state index contributed by atoms with van der Waals surface area (Å²) in [4.78, 5) is 28.5. The number of amides is 2. The molecule has 1 unspecified atom stereocenters. The Morgan fingerprint density at radius 2 is 1.59 bits per heavy atom. The average molecular weight is 390 g/mol. The largest absolute Gasteiger partial charge is 0.508 e. The maximum absolute atomic E-state index is 12.6. The summed E-state index contributed by atoms with van der Waals surface area (Å²) in [7, 11) is 0. The first kappa shape index (κ1) is 20.7. The Kier molecular flexibility index (Phi) is 6.82. The third-order valence-corrected chi connectivity index (χ3v) is 4.67. The Morgan fingerprint density at radius 1 is 1.00 bits per heavy atom. The summed E-state index contributed by atoms with van der Waals surface area (Å²) in [5.41, 5.74) is 8.48. The van der Waals surface area contributed by atoms with E-state index in [1.54, 1.807) is 21.9 Å². The summed E-state index contributed by atoms with van der Waals surface area (Å²) < 4.78 is 0. The van der Waals surface area contributed by atoms with E-state index in [1.165, 1.54) is 12.1 Å². The van der Waals surface area contributed by atoms with Crippen LogP contribution in [-0.4, -0.2) is 52.9 Å². The molecular weight excluding hydrogens is 366 g/mol. The molecule has 1 fully saturated rings. The van der Waals surface area contributed by atoms with Crippen LogP contribution in [0, 0.1) is 6.92 Å². The van der Waals surface area contributed by atoms with Crippen molar-refractivity contribution in [1.82, 2.24) is 9.80 Å². The molecule has 144 valence electrons. The first-order chi connectivity index (χ1) is 12.5. The van der Waals surface area contributed by atoms with Crippen LogP contribution < -0.4 is 5.73 Å². The minimum atomic E-state index is -0.691. The minimum Gasteiger partial charge on any atom is -0.508 e. The number of carbonyl (C=O) groups is 2. The van der Waals surface area contributed by atoms with Crippen molar-refractivity contribution in [2.24, 2.45) is 5.73 Å². The molecule has 3 rings (SSSR count). The lowest BCUT2D eigenvalue weighted by Crippen LogP contribution is -2.52. The van der Waals surface area contributed by atoms with Crippen LogP contribution >= 0.6 is 12.4 Å². The number of carbonyl (C=O) groups excluding carboxylic acids is 2. The summed E-state index contributed by atoms with van der Waals surface area (Å²) in [5.74, 6) is -0.206. The van der Waals surface area contributed by atoms with Gasteiger partial charge in [0.05, 0.1) is 0 Å². The molecule has 1 atom stereocenters. The van der Waals surface area contributed by atoms with E-state index in [4.69, 9.17) is 5.73 Å². The van der Waals surface area contributed by atoms with Gasteiger partial charge in [0.1, 0.15) is 11.8 Å². The maximum Gasteiger partial charge on any atom is 0.254 e. The molecule has 0 saturated carbocycles. The van der Waals surface area contributed by atoms with Gasteiger partial charge in [0.15, 0.2) is 0 Å². The molecular formula is C20H24ClN3O3. The predicted molar refractivity (Wildman–Crippen MR) is 106 cm³/mol. The number of nitrogens with zero attached hydrogens (tertiary/aromatic N) is 2. The van der Waals surface area contributed by atoms with E-state index in [0.29, 0.717) is 31.7 Å². The Hall–Kier alpha value is -2.57. The van der Waals surface area contributed by atoms with E-state index in [1.807, 2.05) is 31.2 Å². The second-order valence-corrected chi connectivity index (χ2v) is 6.56. The topological polar surface area (TPSA) is 86.9 Å². The summed E-state index contributed by atoms with van der Waals surface area (Å²) in [6.45, 7) is 3.77. The zero-order valence-electron chi connectivity index (χ0n) is 15.2. The molecule has 3 N–H and O–H groups in total. The van der Waals surface area contributed by atoms with Crippen molar-refractivity contribution in [1.29, 1.82) is 0 Å². The zero-order valence-corrected chi connectivity index (χ0v) is 16.0. The fraction of sp³-hybridized carbons (Fsp3) is 0.300. The number of benzene rings is 2. The van der Waals surface area contributed by atoms with Gasteiger partial charge in [0.2, 0.25) is 5.91 Å². The van der Waals surface area contributed by atoms with Gasteiger partial charge in [-0.3, -0.25) is 9.59 Å². The molecule has 0 spiro atoms. The number of halogens is 1. The molecule has 1 heterocycles. The average Bonchev–Trinajstić information content (AvgIpc) is 2.67. The van der Waals surface area contributed by atoms with Gasteiger partial charge in [-0.25, -0.2) is 0 Å². The standard InChI is InChI=1S/C20H23N3O3.ClH/c1-14-5-7-15(8-6-14)18(21)20(26)23-11-9-22(10-12-23)19(25)16-3-2-4-17(24)13-16;/h2-8,13,18,24H,9-12,21H2,1H3;1H. The third-order valence-electron chi connectivity index (χ3n) is 4.67. The molecule has 2 aromatic rings. The van der Waals surface area contributed by atoms with Gasteiger partial charge in [-0.2, -0.15) is 0 Å². The molecule has 2 aromatic carbocycles. The lowest BCUT2D eigenvalue weighted by atomic mass is 10.0. The first-order valence-electron chi connectivity index (χ1n) is 8.65. The van der Waals surface area contributed by atoms with Gasteiger partial charge in [-0.05, 0) is 30.7 Å². The maximum atomic E-state index is 12.6. The highest BCUT2D eigenvalue weighted by atomic mass is 35.5. The molecule has 7 heteroatoms. The van der Waals surface area contributed by atoms with Crippen molar-refractivity contribution in [3.8, 4) is 5.75 Å². The highest BCUT2D eigenvalue weighted by Crippen LogP contribution is 2.17. The van der Waals surface area contributed by atoms with E-state index in [2.05, 4.69) is 0 Å². The lowest BCUT2D eigenvalue weighted by molar-refractivity contribution is -0.134. The molecule has 1 aliphatic heterocycles. The summed E-state index contributed by atoms with van der Waals surface area (Å²) in [6, 6.07) is 13.2. The number of hydrogen-bond acceptors (Lipinski definition) is 4. The number of rotatable bonds is 3. The molecule has 0 aliphatic carbocycles. The van der Waals surface area contributed by atoms with Crippen molar-refractivity contribution in [2.75, 3.05) is 26.2 Å². The van der Waals surface area contributed by atoms with Crippen LogP contribution in [0.4, 0.5) is 0 Å². The molecule has 0 aromatic heterocycles. The number of nitrogens with two attached hydrogens (primary N) is 1. The highest BCUT2D eigenvalue weighted by molar-refractivity contribution is 5.94. The molecule has 27 heavy (non-hydrogen) atoms. The van der Waals surface area contributed by atoms with Gasteiger partial charge in [0.25, 0.3) is 5.91 Å². The third kappa shape index (κ3) is 4.78. The Balaban J connectivity index is 0.00000261. The van der Waals surface area contributed by atoms with Crippen LogP contribution in [0.1, 0.15) is 27.5 Å². The van der Waals surface area contributed by atoms with E-state index in [-0.39, 0.29) is 30.0 Å². The van der Waals surface area contributed by atoms with Gasteiger partial charge >= 0.3 is 0 Å². The number of phenolic OH excluding ortho intramolecular Hbond substituents is 1. The fourth-order valence-corrected chi connectivity index (χ4v) is 3.06. The second-order valence-electron chi connectivity index (χ2n) is 6.56. The van der Waals surface area contributed by atoms with Crippen molar-refractivity contribution >= 4 is 24.2 Å². The molecule has 6 nitrogen and oxygen atoms in total. The van der Waals surface area contributed by atoms with E-state index in [9.17, 15) is 14.7 Å². The van der Waals surface area contributed by atoms with Crippen molar-refractivity contribution in [3.63, 3.8) is 0 Å². The van der Waals surface area contributed by atoms with Gasteiger partial charge in [-0.1, -0.05) is 35.9 Å². The summed E-state index contributed by atoms with van der Waals surface area (Å²) in [5, 5.41) is 9.52. The first-order valence-corrected chi connectivity index (χ1v) is 8.65. The van der Waals surface area contributed by atoms with Crippen LogP contribution in [0.15, 0.2) is 48.5 Å². The number of aromatic hydroxyl groups is 1. The van der Waals surface area contributed by atoms with Crippen LogP contribution in [0.5, 0.6) is 5.75 Å². The van der Waals surface area contributed by atoms with Crippen molar-refractivity contribution < 1.29 is 14.7 Å². The molecule has 2 amide bonds. The molecule has 1 saturated heterocycles. The quantitative estimate of drug-likeness (QED) is 0.841. The minimum absolute atomic E-state index is 0. The Bertz CT molecular complexity index is 802. The molecule has 1 aliphatic rings. The number of aryl methyl sites for hydroxylation is 1. The molecule has 0 bridgehead atoms. The fourth-order valence-electron chi connectivity index (χ4n) is 3.06. The SMILES string of the molecule is Cc1ccc(C(N)C(=O)N2CCN(C(=O)c3cccc(O)c3)CC2)cc1.Cl. The Morgan fingerprint density at radius 3 is 2.19 bits per heavy atom. The number of piperazine rings is 1.